The lowest BCUT2D eigenvalue weighted by Gasteiger charge is -2.06. The zero-order valence-corrected chi connectivity index (χ0v) is 7.96. The molecule has 12 heavy (non-hydrogen) atoms. The van der Waals surface area contributed by atoms with Crippen molar-refractivity contribution < 1.29 is 0 Å². The summed E-state index contributed by atoms with van der Waals surface area (Å²) in [5.74, 6) is 0.810. The van der Waals surface area contributed by atoms with Gasteiger partial charge in [-0.15, -0.1) is 0 Å². The van der Waals surface area contributed by atoms with Gasteiger partial charge in [-0.2, -0.15) is 0 Å². The molecule has 1 atom stereocenters. The molecule has 1 unspecified atom stereocenters. The van der Waals surface area contributed by atoms with E-state index in [0.717, 1.165) is 5.92 Å². The van der Waals surface area contributed by atoms with Crippen LogP contribution in [0.1, 0.15) is 32.3 Å². The maximum atomic E-state index is 2.31. The first kappa shape index (κ1) is 9.31. The molecule has 0 spiro atoms. The molecular weight excluding hydrogens is 144 g/mol. The first-order chi connectivity index (χ1) is 5.83. The second kappa shape index (κ2) is 4.97. The standard InChI is InChI=1S/C12H17/c1-3-11(2)9-10-12-7-5-4-6-8-12/h4-8,10-11H,3,9H2,1-2H3. The molecule has 0 aromatic heterocycles. The molecule has 0 aliphatic heterocycles. The fraction of sp³-hybridized carbons (Fsp3) is 0.417. The summed E-state index contributed by atoms with van der Waals surface area (Å²) in [6.07, 6.45) is 4.78. The Balaban J connectivity index is 2.33. The molecule has 1 aromatic carbocycles. The normalized spacial score (nSPS) is 12.8. The largest absolute Gasteiger partial charge is 0.0651 e. The second-order valence-corrected chi connectivity index (χ2v) is 3.36. The van der Waals surface area contributed by atoms with Crippen LogP contribution in [0.15, 0.2) is 30.3 Å². The van der Waals surface area contributed by atoms with E-state index in [2.05, 4.69) is 50.6 Å². The van der Waals surface area contributed by atoms with Crippen molar-refractivity contribution in [3.8, 4) is 0 Å². The maximum Gasteiger partial charge on any atom is -0.00905 e. The van der Waals surface area contributed by atoms with Crippen LogP contribution in [0.2, 0.25) is 0 Å². The monoisotopic (exact) mass is 161 g/mol. The van der Waals surface area contributed by atoms with Crippen LogP contribution in [0.3, 0.4) is 0 Å². The highest BCUT2D eigenvalue weighted by Crippen LogP contribution is 2.13. The third-order valence-electron chi connectivity index (χ3n) is 2.25. The topological polar surface area (TPSA) is 0 Å². The van der Waals surface area contributed by atoms with Gasteiger partial charge >= 0.3 is 0 Å². The Morgan fingerprint density at radius 3 is 2.50 bits per heavy atom. The molecule has 1 radical (unpaired) electrons. The van der Waals surface area contributed by atoms with Crippen LogP contribution in [0.5, 0.6) is 0 Å². The van der Waals surface area contributed by atoms with Gasteiger partial charge in [0, 0.05) is 0 Å². The third kappa shape index (κ3) is 3.08. The van der Waals surface area contributed by atoms with Gasteiger partial charge in [0.25, 0.3) is 0 Å². The highest BCUT2D eigenvalue weighted by Gasteiger charge is 1.98. The van der Waals surface area contributed by atoms with Crippen LogP contribution in [0.25, 0.3) is 0 Å². The van der Waals surface area contributed by atoms with Crippen LogP contribution < -0.4 is 0 Å². The SMILES string of the molecule is CCC(C)C[CH]c1ccccc1. The van der Waals surface area contributed by atoms with Crippen LogP contribution in [-0.2, 0) is 0 Å². The van der Waals surface area contributed by atoms with E-state index in [4.69, 9.17) is 0 Å². The fourth-order valence-electron chi connectivity index (χ4n) is 1.09. The molecule has 1 rings (SSSR count). The average Bonchev–Trinajstić information content (AvgIpc) is 2.16. The minimum Gasteiger partial charge on any atom is -0.0651 e. The zero-order valence-electron chi connectivity index (χ0n) is 7.96. The summed E-state index contributed by atoms with van der Waals surface area (Å²) in [7, 11) is 0. The van der Waals surface area contributed by atoms with Gasteiger partial charge in [-0.1, -0.05) is 50.6 Å². The molecule has 0 N–H and O–H groups in total. The molecule has 0 fully saturated rings. The molecule has 0 saturated heterocycles. The predicted octanol–water partition coefficient (Wildman–Crippen LogP) is 3.68. The van der Waals surface area contributed by atoms with Crippen molar-refractivity contribution in [2.75, 3.05) is 0 Å². The Morgan fingerprint density at radius 2 is 1.92 bits per heavy atom. The van der Waals surface area contributed by atoms with Gasteiger partial charge in [0.15, 0.2) is 0 Å². The van der Waals surface area contributed by atoms with Crippen LogP contribution in [0, 0.1) is 12.3 Å². The molecule has 0 heterocycles. The lowest BCUT2D eigenvalue weighted by Crippen LogP contribution is -1.92. The van der Waals surface area contributed by atoms with Crippen molar-refractivity contribution in [3.05, 3.63) is 42.3 Å². The van der Waals surface area contributed by atoms with Crippen molar-refractivity contribution in [2.45, 2.75) is 26.7 Å². The van der Waals surface area contributed by atoms with E-state index < -0.39 is 0 Å². The molecular formula is C12H17. The first-order valence-corrected chi connectivity index (χ1v) is 4.71. The number of hydrogen-bond acceptors (Lipinski definition) is 0. The molecule has 65 valence electrons. The molecule has 0 aliphatic carbocycles. The zero-order chi connectivity index (χ0) is 8.81. The maximum absolute atomic E-state index is 2.31. The van der Waals surface area contributed by atoms with E-state index in [1.807, 2.05) is 0 Å². The first-order valence-electron chi connectivity index (χ1n) is 4.71. The molecule has 0 aliphatic rings. The second-order valence-electron chi connectivity index (χ2n) is 3.36. The van der Waals surface area contributed by atoms with Crippen LogP contribution >= 0.6 is 0 Å². The quantitative estimate of drug-likeness (QED) is 0.632. The Labute approximate surface area is 75.6 Å². The van der Waals surface area contributed by atoms with E-state index in [1.165, 1.54) is 18.4 Å². The summed E-state index contributed by atoms with van der Waals surface area (Å²) in [5.41, 5.74) is 1.35. The van der Waals surface area contributed by atoms with E-state index in [-0.39, 0.29) is 0 Å². The number of benzene rings is 1. The van der Waals surface area contributed by atoms with Gasteiger partial charge in [0.1, 0.15) is 0 Å². The van der Waals surface area contributed by atoms with E-state index >= 15 is 0 Å². The Kier molecular flexibility index (Phi) is 3.86. The predicted molar refractivity (Wildman–Crippen MR) is 53.9 cm³/mol. The van der Waals surface area contributed by atoms with Gasteiger partial charge in [-0.05, 0) is 24.3 Å². The smallest absolute Gasteiger partial charge is 0.00905 e. The Morgan fingerprint density at radius 1 is 1.25 bits per heavy atom. The lowest BCUT2D eigenvalue weighted by atomic mass is 9.99. The van der Waals surface area contributed by atoms with Crippen molar-refractivity contribution >= 4 is 0 Å². The summed E-state index contributed by atoms with van der Waals surface area (Å²) >= 11 is 0. The van der Waals surface area contributed by atoms with Crippen molar-refractivity contribution in [3.63, 3.8) is 0 Å². The highest BCUT2D eigenvalue weighted by atomic mass is 14.0. The van der Waals surface area contributed by atoms with Gasteiger partial charge in [-0.3, -0.25) is 0 Å². The summed E-state index contributed by atoms with van der Waals surface area (Å²) in [4.78, 5) is 0. The van der Waals surface area contributed by atoms with Crippen LogP contribution in [-0.4, -0.2) is 0 Å². The highest BCUT2D eigenvalue weighted by molar-refractivity contribution is 5.22. The third-order valence-corrected chi connectivity index (χ3v) is 2.25. The minimum atomic E-state index is 0.810. The molecule has 1 aromatic rings. The summed E-state index contributed by atoms with van der Waals surface area (Å²) in [6, 6.07) is 10.5. The fourth-order valence-corrected chi connectivity index (χ4v) is 1.09. The number of hydrogen-bond donors (Lipinski definition) is 0. The Bertz CT molecular complexity index is 201. The van der Waals surface area contributed by atoms with E-state index in [0.29, 0.717) is 0 Å². The lowest BCUT2D eigenvalue weighted by molar-refractivity contribution is 0.558. The molecule has 0 bridgehead atoms. The summed E-state index contributed by atoms with van der Waals surface area (Å²) in [6.45, 7) is 4.53. The van der Waals surface area contributed by atoms with Crippen molar-refractivity contribution in [1.82, 2.24) is 0 Å². The summed E-state index contributed by atoms with van der Waals surface area (Å²) in [5, 5.41) is 0. The summed E-state index contributed by atoms with van der Waals surface area (Å²) < 4.78 is 0. The molecule has 0 amide bonds. The van der Waals surface area contributed by atoms with Crippen molar-refractivity contribution in [2.24, 2.45) is 5.92 Å². The van der Waals surface area contributed by atoms with Crippen molar-refractivity contribution in [1.29, 1.82) is 0 Å². The molecule has 0 heteroatoms. The van der Waals surface area contributed by atoms with Gasteiger partial charge < -0.3 is 0 Å². The minimum absolute atomic E-state index is 0.810. The van der Waals surface area contributed by atoms with Gasteiger partial charge in [0.2, 0.25) is 0 Å². The molecule has 0 nitrogen and oxygen atoms in total. The molecule has 0 saturated carbocycles. The van der Waals surface area contributed by atoms with E-state index in [1.54, 1.807) is 0 Å². The van der Waals surface area contributed by atoms with Crippen LogP contribution in [0.4, 0.5) is 0 Å². The van der Waals surface area contributed by atoms with Gasteiger partial charge in [0.05, 0.1) is 0 Å². The average molecular weight is 161 g/mol. The Hall–Kier alpha value is -0.780. The van der Waals surface area contributed by atoms with E-state index in [9.17, 15) is 0 Å². The number of rotatable bonds is 4. The van der Waals surface area contributed by atoms with Gasteiger partial charge in [-0.25, -0.2) is 0 Å².